The third kappa shape index (κ3) is 3.96. The van der Waals surface area contributed by atoms with Gasteiger partial charge < -0.3 is 19.8 Å². The first-order valence-corrected chi connectivity index (χ1v) is 8.79. The van der Waals surface area contributed by atoms with E-state index in [-0.39, 0.29) is 12.5 Å². The van der Waals surface area contributed by atoms with E-state index >= 15 is 0 Å². The lowest BCUT2D eigenvalue weighted by atomic mass is 10.1. The highest BCUT2D eigenvalue weighted by molar-refractivity contribution is 5.78. The van der Waals surface area contributed by atoms with Crippen molar-refractivity contribution in [1.82, 2.24) is 14.3 Å². The number of aromatic nitrogens is 2. The van der Waals surface area contributed by atoms with Gasteiger partial charge in [0.15, 0.2) is 18.0 Å². The second-order valence-corrected chi connectivity index (χ2v) is 6.31. The average Bonchev–Trinajstić information content (AvgIpc) is 3.09. The van der Waals surface area contributed by atoms with Gasteiger partial charge in [-0.15, -0.1) is 0 Å². The fraction of sp³-hybridized carbons (Fsp3) is 0.300. The predicted molar refractivity (Wildman–Crippen MR) is 103 cm³/mol. The number of amides is 1. The summed E-state index contributed by atoms with van der Waals surface area (Å²) in [7, 11) is 1.80. The van der Waals surface area contributed by atoms with Crippen molar-refractivity contribution < 1.29 is 9.53 Å². The summed E-state index contributed by atoms with van der Waals surface area (Å²) in [6.45, 7) is 2.85. The Bertz CT molecular complexity index is 886. The molecule has 1 aromatic carbocycles. The van der Waals surface area contributed by atoms with Crippen molar-refractivity contribution in [2.24, 2.45) is 0 Å². The number of benzene rings is 1. The lowest BCUT2D eigenvalue weighted by Crippen LogP contribution is -2.32. The van der Waals surface area contributed by atoms with Gasteiger partial charge in [-0.3, -0.25) is 4.79 Å². The van der Waals surface area contributed by atoms with E-state index in [4.69, 9.17) is 10.5 Å². The molecule has 1 amide bonds. The van der Waals surface area contributed by atoms with E-state index in [1.165, 1.54) is 0 Å². The molecule has 0 atom stereocenters. The van der Waals surface area contributed by atoms with Crippen LogP contribution in [0.4, 0.5) is 5.69 Å². The lowest BCUT2D eigenvalue weighted by Gasteiger charge is -2.17. The average molecular weight is 352 g/mol. The molecule has 0 bridgehead atoms. The smallest absolute Gasteiger partial charge is 0.260 e. The van der Waals surface area contributed by atoms with Gasteiger partial charge in [-0.05, 0) is 30.7 Å². The van der Waals surface area contributed by atoms with Crippen molar-refractivity contribution in [2.75, 3.05) is 25.9 Å². The zero-order chi connectivity index (χ0) is 18.5. The molecule has 0 aliphatic carbocycles. The molecule has 136 valence electrons. The van der Waals surface area contributed by atoms with Crippen molar-refractivity contribution in [3.05, 3.63) is 48.8 Å². The Morgan fingerprint density at radius 1 is 1.27 bits per heavy atom. The summed E-state index contributed by atoms with van der Waals surface area (Å²) in [5.74, 6) is 0.553. The number of imidazole rings is 1. The second kappa shape index (κ2) is 7.91. The van der Waals surface area contributed by atoms with Crippen molar-refractivity contribution >= 4 is 17.2 Å². The summed E-state index contributed by atoms with van der Waals surface area (Å²) >= 11 is 0. The van der Waals surface area contributed by atoms with Crippen molar-refractivity contribution in [1.29, 1.82) is 0 Å². The molecule has 2 aromatic heterocycles. The molecule has 3 aromatic rings. The van der Waals surface area contributed by atoms with Crippen LogP contribution in [0.25, 0.3) is 16.9 Å². The van der Waals surface area contributed by atoms with E-state index in [0.717, 1.165) is 30.6 Å². The molecule has 0 radical (unpaired) electrons. The zero-order valence-electron chi connectivity index (χ0n) is 15.2. The number of anilines is 1. The lowest BCUT2D eigenvalue weighted by molar-refractivity contribution is -0.132. The Labute approximate surface area is 153 Å². The summed E-state index contributed by atoms with van der Waals surface area (Å²) in [4.78, 5) is 18.5. The van der Waals surface area contributed by atoms with Crippen molar-refractivity contribution in [2.45, 2.75) is 19.8 Å². The van der Waals surface area contributed by atoms with Gasteiger partial charge in [0.1, 0.15) is 0 Å². The highest BCUT2D eigenvalue weighted by Gasteiger charge is 2.12. The van der Waals surface area contributed by atoms with Gasteiger partial charge in [-0.25, -0.2) is 4.98 Å². The summed E-state index contributed by atoms with van der Waals surface area (Å²) in [6, 6.07) is 11.3. The van der Waals surface area contributed by atoms with Crippen LogP contribution in [0.15, 0.2) is 48.8 Å². The summed E-state index contributed by atoms with van der Waals surface area (Å²) < 4.78 is 7.65. The molecule has 2 N–H and O–H groups in total. The number of nitrogens with zero attached hydrogens (tertiary/aromatic N) is 3. The first-order chi connectivity index (χ1) is 12.6. The number of unbranched alkanes of at least 4 members (excludes halogenated alkanes) is 1. The fourth-order valence-electron chi connectivity index (χ4n) is 2.66. The first-order valence-electron chi connectivity index (χ1n) is 8.79. The Balaban J connectivity index is 1.77. The Hall–Kier alpha value is -3.02. The zero-order valence-corrected chi connectivity index (χ0v) is 15.2. The molecule has 0 aliphatic rings. The van der Waals surface area contributed by atoms with Gasteiger partial charge in [-0.1, -0.05) is 25.5 Å². The molecule has 3 rings (SSSR count). The number of hydrogen-bond acceptors (Lipinski definition) is 4. The summed E-state index contributed by atoms with van der Waals surface area (Å²) in [6.07, 6.45) is 5.89. The quantitative estimate of drug-likeness (QED) is 0.663. The van der Waals surface area contributed by atoms with E-state index < -0.39 is 0 Å². The highest BCUT2D eigenvalue weighted by atomic mass is 16.5. The van der Waals surface area contributed by atoms with Crippen LogP contribution < -0.4 is 10.5 Å². The van der Waals surface area contributed by atoms with E-state index in [1.807, 2.05) is 53.2 Å². The third-order valence-electron chi connectivity index (χ3n) is 4.28. The number of likely N-dealkylation sites (N-methyl/N-ethyl adjacent to an activating group) is 1. The van der Waals surface area contributed by atoms with Gasteiger partial charge in [0.05, 0.1) is 5.69 Å². The standard InChI is InChI=1S/C20H24N4O2/c1-3-4-11-23(2)19(25)14-26-18-6-5-12-24-13-17(22-20(18)24)15-7-9-16(21)10-8-15/h5-10,12-13H,3-4,11,14,21H2,1-2H3. The summed E-state index contributed by atoms with van der Waals surface area (Å²) in [5, 5.41) is 0. The van der Waals surface area contributed by atoms with Crippen molar-refractivity contribution in [3.8, 4) is 17.0 Å². The Morgan fingerprint density at radius 2 is 2.04 bits per heavy atom. The number of carbonyl (C=O) groups is 1. The maximum atomic E-state index is 12.2. The fourth-order valence-corrected chi connectivity index (χ4v) is 2.66. The number of carbonyl (C=O) groups excluding carboxylic acids is 1. The van der Waals surface area contributed by atoms with E-state index in [1.54, 1.807) is 11.9 Å². The number of hydrogen-bond donors (Lipinski definition) is 1. The van der Waals surface area contributed by atoms with Gasteiger partial charge in [-0.2, -0.15) is 0 Å². The number of nitrogen functional groups attached to an aromatic ring is 1. The molecular weight excluding hydrogens is 328 g/mol. The van der Waals surface area contributed by atoms with Crippen LogP contribution in [0.5, 0.6) is 5.75 Å². The second-order valence-electron chi connectivity index (χ2n) is 6.31. The van der Waals surface area contributed by atoms with Gasteiger partial charge in [0.2, 0.25) is 0 Å². The maximum absolute atomic E-state index is 12.2. The van der Waals surface area contributed by atoms with Gasteiger partial charge in [0.25, 0.3) is 5.91 Å². The number of nitrogens with two attached hydrogens (primary N) is 1. The predicted octanol–water partition coefficient (Wildman–Crippen LogP) is 3.22. The number of fused-ring (bicyclic) bond motifs is 1. The molecular formula is C20H24N4O2. The molecule has 0 saturated heterocycles. The Morgan fingerprint density at radius 3 is 2.77 bits per heavy atom. The Kier molecular flexibility index (Phi) is 5.41. The first kappa shape index (κ1) is 17.8. The molecule has 6 nitrogen and oxygen atoms in total. The van der Waals surface area contributed by atoms with Crippen LogP contribution in [0.1, 0.15) is 19.8 Å². The van der Waals surface area contributed by atoms with E-state index in [9.17, 15) is 4.79 Å². The summed E-state index contributed by atoms with van der Waals surface area (Å²) in [5.41, 5.74) is 8.95. The number of pyridine rings is 1. The SMILES string of the molecule is CCCCN(C)C(=O)COc1cccn2cc(-c3ccc(N)cc3)nc12. The van der Waals surface area contributed by atoms with Crippen LogP contribution in [-0.4, -0.2) is 40.4 Å². The van der Waals surface area contributed by atoms with E-state index in [0.29, 0.717) is 17.1 Å². The minimum absolute atomic E-state index is 0.00392. The topological polar surface area (TPSA) is 72.9 Å². The third-order valence-corrected chi connectivity index (χ3v) is 4.28. The highest BCUT2D eigenvalue weighted by Crippen LogP contribution is 2.25. The molecule has 2 heterocycles. The monoisotopic (exact) mass is 352 g/mol. The number of ether oxygens (including phenoxy) is 1. The minimum Gasteiger partial charge on any atom is -0.480 e. The van der Waals surface area contributed by atoms with E-state index in [2.05, 4.69) is 11.9 Å². The van der Waals surface area contributed by atoms with Crippen LogP contribution in [-0.2, 0) is 4.79 Å². The number of rotatable bonds is 7. The molecule has 26 heavy (non-hydrogen) atoms. The van der Waals surface area contributed by atoms with Crippen LogP contribution >= 0.6 is 0 Å². The molecule has 0 saturated carbocycles. The van der Waals surface area contributed by atoms with Gasteiger partial charge >= 0.3 is 0 Å². The van der Waals surface area contributed by atoms with Crippen molar-refractivity contribution in [3.63, 3.8) is 0 Å². The minimum atomic E-state index is -0.0363. The van der Waals surface area contributed by atoms with Crippen LogP contribution in [0, 0.1) is 0 Å². The van der Waals surface area contributed by atoms with Crippen LogP contribution in [0.3, 0.4) is 0 Å². The molecule has 6 heteroatoms. The maximum Gasteiger partial charge on any atom is 0.260 e. The molecule has 0 fully saturated rings. The van der Waals surface area contributed by atoms with Gasteiger partial charge in [0, 0.05) is 37.2 Å². The largest absolute Gasteiger partial charge is 0.480 e. The molecule has 0 aliphatic heterocycles. The molecule has 0 spiro atoms. The molecule has 0 unspecified atom stereocenters. The normalized spacial score (nSPS) is 10.8. The van der Waals surface area contributed by atoms with Crippen LogP contribution in [0.2, 0.25) is 0 Å².